The molecule has 1 heterocycles. The molecule has 25 heavy (non-hydrogen) atoms. The van der Waals surface area contributed by atoms with Crippen LogP contribution in [0.5, 0.6) is 0 Å². The van der Waals surface area contributed by atoms with Gasteiger partial charge in [0.1, 0.15) is 0 Å². The van der Waals surface area contributed by atoms with Gasteiger partial charge in [0.25, 0.3) is 5.91 Å². The third-order valence-corrected chi connectivity index (χ3v) is 4.71. The Morgan fingerprint density at radius 1 is 1.24 bits per heavy atom. The Morgan fingerprint density at radius 2 is 1.88 bits per heavy atom. The minimum Gasteiger partial charge on any atom is -0.478 e. The Kier molecular flexibility index (Phi) is 4.98. The summed E-state index contributed by atoms with van der Waals surface area (Å²) in [5.74, 6) is -1.78. The summed E-state index contributed by atoms with van der Waals surface area (Å²) in [5.41, 5.74) is 0.843. The number of benzene rings is 1. The van der Waals surface area contributed by atoms with Crippen LogP contribution in [0.3, 0.4) is 0 Å². The molecule has 2 N–H and O–H groups in total. The van der Waals surface area contributed by atoms with Crippen molar-refractivity contribution in [1.82, 2.24) is 9.78 Å². The molecule has 0 fully saturated rings. The first-order chi connectivity index (χ1) is 11.5. The van der Waals surface area contributed by atoms with E-state index in [0.29, 0.717) is 11.3 Å². The van der Waals surface area contributed by atoms with Gasteiger partial charge < -0.3 is 10.4 Å². The monoisotopic (exact) mass is 365 g/mol. The molecule has 9 heteroatoms. The van der Waals surface area contributed by atoms with Gasteiger partial charge in [0.15, 0.2) is 9.84 Å². The fourth-order valence-electron chi connectivity index (χ4n) is 2.37. The van der Waals surface area contributed by atoms with Gasteiger partial charge in [0, 0.05) is 23.7 Å². The number of nitrogens with zero attached hydrogens (tertiary/aromatic N) is 2. The molecule has 0 aliphatic rings. The van der Waals surface area contributed by atoms with E-state index in [1.807, 2.05) is 13.8 Å². The highest BCUT2D eigenvalue weighted by Crippen LogP contribution is 2.21. The molecule has 8 nitrogen and oxygen atoms in total. The maximum Gasteiger partial charge on any atom is 0.335 e. The molecule has 1 aromatic carbocycles. The van der Waals surface area contributed by atoms with Gasteiger partial charge in [-0.25, -0.2) is 13.2 Å². The zero-order valence-electron chi connectivity index (χ0n) is 14.3. The Balaban J connectivity index is 2.41. The van der Waals surface area contributed by atoms with Crippen molar-refractivity contribution in [3.63, 3.8) is 0 Å². The molecular formula is C16H19N3O5S. The number of anilines is 1. The van der Waals surface area contributed by atoms with Crippen LogP contribution in [0, 0.1) is 6.92 Å². The average molecular weight is 365 g/mol. The van der Waals surface area contributed by atoms with Crippen molar-refractivity contribution < 1.29 is 23.1 Å². The first-order valence-corrected chi connectivity index (χ1v) is 9.33. The highest BCUT2D eigenvalue weighted by atomic mass is 32.2. The van der Waals surface area contributed by atoms with Crippen molar-refractivity contribution in [3.05, 3.63) is 41.2 Å². The quantitative estimate of drug-likeness (QED) is 0.838. The van der Waals surface area contributed by atoms with Crippen LogP contribution in [0.4, 0.5) is 5.69 Å². The van der Waals surface area contributed by atoms with Crippen molar-refractivity contribution in [2.45, 2.75) is 31.7 Å². The summed E-state index contributed by atoms with van der Waals surface area (Å²) >= 11 is 0. The second-order valence-electron chi connectivity index (χ2n) is 5.96. The first-order valence-electron chi connectivity index (χ1n) is 7.44. The zero-order chi connectivity index (χ0) is 18.9. The van der Waals surface area contributed by atoms with Crippen LogP contribution in [0.1, 0.15) is 46.3 Å². The second kappa shape index (κ2) is 6.67. The fraction of sp³-hybridized carbons (Fsp3) is 0.312. The molecule has 0 spiro atoms. The normalized spacial score (nSPS) is 11.6. The molecule has 0 saturated carbocycles. The summed E-state index contributed by atoms with van der Waals surface area (Å²) in [6, 6.07) is 3.56. The van der Waals surface area contributed by atoms with Gasteiger partial charge in [-0.3, -0.25) is 9.48 Å². The molecule has 2 rings (SSSR count). The van der Waals surface area contributed by atoms with E-state index in [1.54, 1.807) is 11.6 Å². The molecule has 0 atom stereocenters. The van der Waals surface area contributed by atoms with Crippen LogP contribution < -0.4 is 5.32 Å². The zero-order valence-corrected chi connectivity index (χ0v) is 15.1. The van der Waals surface area contributed by atoms with Gasteiger partial charge in [-0.15, -0.1) is 0 Å². The average Bonchev–Trinajstić information content (AvgIpc) is 2.87. The van der Waals surface area contributed by atoms with Gasteiger partial charge in [-0.1, -0.05) is 0 Å². The van der Waals surface area contributed by atoms with Gasteiger partial charge in [0.2, 0.25) is 0 Å². The summed E-state index contributed by atoms with van der Waals surface area (Å²) in [6.45, 7) is 5.60. The van der Waals surface area contributed by atoms with Crippen molar-refractivity contribution in [2.24, 2.45) is 0 Å². The molecular weight excluding hydrogens is 346 g/mol. The Hall–Kier alpha value is -2.68. The van der Waals surface area contributed by atoms with E-state index in [1.165, 1.54) is 18.3 Å². The molecule has 0 aliphatic heterocycles. The number of hydrogen-bond donors (Lipinski definition) is 2. The fourth-order valence-corrected chi connectivity index (χ4v) is 3.06. The van der Waals surface area contributed by atoms with Crippen LogP contribution in [0.2, 0.25) is 0 Å². The Labute approximate surface area is 145 Å². The summed E-state index contributed by atoms with van der Waals surface area (Å²) in [4.78, 5) is 23.5. The third-order valence-electron chi connectivity index (χ3n) is 3.62. The molecule has 1 aromatic heterocycles. The lowest BCUT2D eigenvalue weighted by molar-refractivity contribution is 0.0696. The molecule has 2 aromatic rings. The van der Waals surface area contributed by atoms with Crippen LogP contribution in [0.15, 0.2) is 29.3 Å². The molecule has 0 radical (unpaired) electrons. The largest absolute Gasteiger partial charge is 0.478 e. The number of nitrogens with one attached hydrogen (secondary N) is 1. The predicted molar refractivity (Wildman–Crippen MR) is 91.8 cm³/mol. The highest BCUT2D eigenvalue weighted by Gasteiger charge is 2.18. The smallest absolute Gasteiger partial charge is 0.335 e. The number of rotatable bonds is 5. The van der Waals surface area contributed by atoms with E-state index in [-0.39, 0.29) is 22.2 Å². The minimum absolute atomic E-state index is 0.0775. The van der Waals surface area contributed by atoms with E-state index in [4.69, 9.17) is 5.11 Å². The second-order valence-corrected chi connectivity index (χ2v) is 7.98. The lowest BCUT2D eigenvalue weighted by Crippen LogP contribution is -2.15. The summed E-state index contributed by atoms with van der Waals surface area (Å²) in [7, 11) is -3.63. The molecule has 134 valence electrons. The SMILES string of the molecule is Cc1c(C(=O)Nc2cc(C(=O)O)cc(S(C)(=O)=O)c2)cnn1C(C)C. The Bertz CT molecular complexity index is 945. The standard InChI is InChI=1S/C16H19N3O5S/c1-9(2)19-10(3)14(8-17-19)15(20)18-12-5-11(16(21)22)6-13(7-12)25(4,23)24/h5-9H,1-4H3,(H,18,20)(H,21,22). The van der Waals surface area contributed by atoms with Crippen molar-refractivity contribution in [1.29, 1.82) is 0 Å². The Morgan fingerprint density at radius 3 is 2.36 bits per heavy atom. The van der Waals surface area contributed by atoms with Crippen molar-refractivity contribution in [3.8, 4) is 0 Å². The predicted octanol–water partition coefficient (Wildman–Crippen LogP) is 2.13. The number of hydrogen-bond acceptors (Lipinski definition) is 5. The van der Waals surface area contributed by atoms with Crippen LogP contribution in [-0.4, -0.2) is 41.4 Å². The highest BCUT2D eigenvalue weighted by molar-refractivity contribution is 7.90. The number of aromatic carboxylic acids is 1. The maximum atomic E-state index is 12.5. The number of carboxylic acids is 1. The number of sulfone groups is 1. The minimum atomic E-state index is -3.63. The van der Waals surface area contributed by atoms with E-state index in [0.717, 1.165) is 12.3 Å². The number of amides is 1. The summed E-state index contributed by atoms with van der Waals surface area (Å²) in [5, 5.41) is 15.8. The number of carboxylic acid groups (broad SMARTS) is 1. The first kappa shape index (κ1) is 18.7. The summed E-state index contributed by atoms with van der Waals surface area (Å²) < 4.78 is 25.1. The van der Waals surface area contributed by atoms with E-state index < -0.39 is 21.7 Å². The topological polar surface area (TPSA) is 118 Å². The van der Waals surface area contributed by atoms with E-state index >= 15 is 0 Å². The molecule has 0 aliphatic carbocycles. The summed E-state index contributed by atoms with van der Waals surface area (Å²) in [6.07, 6.45) is 2.39. The molecule has 0 unspecified atom stereocenters. The molecule has 1 amide bonds. The van der Waals surface area contributed by atoms with Gasteiger partial charge in [-0.2, -0.15) is 5.10 Å². The van der Waals surface area contributed by atoms with Crippen LogP contribution in [-0.2, 0) is 9.84 Å². The lowest BCUT2D eigenvalue weighted by Gasteiger charge is -2.10. The maximum absolute atomic E-state index is 12.5. The lowest BCUT2D eigenvalue weighted by atomic mass is 10.2. The third kappa shape index (κ3) is 4.05. The van der Waals surface area contributed by atoms with Gasteiger partial charge >= 0.3 is 5.97 Å². The van der Waals surface area contributed by atoms with Crippen molar-refractivity contribution >= 4 is 27.4 Å². The van der Waals surface area contributed by atoms with E-state index in [9.17, 15) is 18.0 Å². The number of aromatic nitrogens is 2. The van der Waals surface area contributed by atoms with Crippen LogP contribution >= 0.6 is 0 Å². The van der Waals surface area contributed by atoms with Gasteiger partial charge in [-0.05, 0) is 39.0 Å². The number of carbonyl (C=O) groups excluding carboxylic acids is 1. The van der Waals surface area contributed by atoms with E-state index in [2.05, 4.69) is 10.4 Å². The van der Waals surface area contributed by atoms with Crippen LogP contribution in [0.25, 0.3) is 0 Å². The van der Waals surface area contributed by atoms with Crippen molar-refractivity contribution in [2.75, 3.05) is 11.6 Å². The number of carbonyl (C=O) groups is 2. The molecule has 0 bridgehead atoms. The van der Waals surface area contributed by atoms with Gasteiger partial charge in [0.05, 0.1) is 22.2 Å². The molecule has 0 saturated heterocycles.